The molecular formula is C5H18O18P6. The van der Waals surface area contributed by atoms with Crippen molar-refractivity contribution in [3.63, 3.8) is 0 Å². The van der Waals surface area contributed by atoms with Crippen LogP contribution >= 0.6 is 45.6 Å². The molecule has 0 aromatic carbocycles. The summed E-state index contributed by atoms with van der Waals surface area (Å²) in [5.41, 5.74) is -6.72. The summed E-state index contributed by atoms with van der Waals surface area (Å²) in [7, 11) is -36.9. The van der Waals surface area contributed by atoms with E-state index in [-0.39, 0.29) is 0 Å². The van der Waals surface area contributed by atoms with E-state index in [0.29, 0.717) is 0 Å². The lowest BCUT2D eigenvalue weighted by Gasteiger charge is -2.34. The highest BCUT2D eigenvalue weighted by Gasteiger charge is 2.61. The maximum Gasteiger partial charge on any atom is 0.341 e. The normalized spacial score (nSPS) is 17.6. The van der Waals surface area contributed by atoms with Crippen molar-refractivity contribution >= 4 is 45.6 Å². The molecule has 0 aliphatic heterocycles. The molecule has 0 radical (unpaired) electrons. The van der Waals surface area contributed by atoms with Crippen molar-refractivity contribution in [3.05, 3.63) is 0 Å². The van der Waals surface area contributed by atoms with Gasteiger partial charge >= 0.3 is 45.6 Å². The van der Waals surface area contributed by atoms with Crippen LogP contribution in [-0.2, 0) is 27.4 Å². The lowest BCUT2D eigenvalue weighted by Crippen LogP contribution is -2.36. The van der Waals surface area contributed by atoms with Gasteiger partial charge in [-0.05, 0) is 6.42 Å². The summed E-state index contributed by atoms with van der Waals surface area (Å²) >= 11 is 0. The average molecular weight is 552 g/mol. The summed E-state index contributed by atoms with van der Waals surface area (Å²) in [5.74, 6) is 0. The van der Waals surface area contributed by atoms with E-state index in [4.69, 9.17) is 39.1 Å². The minimum atomic E-state index is -6.17. The first kappa shape index (κ1) is 29.9. The average Bonchev–Trinajstić information content (AvgIpc) is 2.26. The number of hydrogen-bond donors (Lipinski definition) is 12. The Kier molecular flexibility index (Phi) is 9.31. The fraction of sp³-hybridized carbons (Fsp3) is 1.00. The van der Waals surface area contributed by atoms with Gasteiger partial charge in [-0.15, -0.1) is 0 Å². The molecule has 0 heterocycles. The lowest BCUT2D eigenvalue weighted by molar-refractivity contribution is 0.298. The van der Waals surface area contributed by atoms with Crippen molar-refractivity contribution < 1.29 is 86.1 Å². The van der Waals surface area contributed by atoms with E-state index in [2.05, 4.69) is 0 Å². The van der Waals surface area contributed by atoms with Gasteiger partial charge in [0.25, 0.3) is 0 Å². The quantitative estimate of drug-likeness (QED) is 0.128. The van der Waals surface area contributed by atoms with Gasteiger partial charge in [-0.2, -0.15) is 0 Å². The van der Waals surface area contributed by atoms with Crippen molar-refractivity contribution in [3.8, 4) is 0 Å². The lowest BCUT2D eigenvalue weighted by atomic mass is 10.2. The predicted molar refractivity (Wildman–Crippen MR) is 92.0 cm³/mol. The molecule has 2 unspecified atom stereocenters. The minimum Gasteiger partial charge on any atom is -0.324 e. The highest BCUT2D eigenvalue weighted by atomic mass is 31.2. The van der Waals surface area contributed by atoms with Gasteiger partial charge in [0, 0.05) is 0 Å². The molecule has 0 saturated carbocycles. The Bertz CT molecular complexity index is 754. The topological polar surface area (TPSA) is 345 Å². The molecule has 0 fully saturated rings. The van der Waals surface area contributed by atoms with Crippen LogP contribution in [0.5, 0.6) is 0 Å². The number of hydrogen-bond acceptors (Lipinski definition) is 6. The van der Waals surface area contributed by atoms with Gasteiger partial charge in [0.05, 0.1) is 11.3 Å². The Morgan fingerprint density at radius 1 is 0.379 bits per heavy atom. The predicted octanol–water partition coefficient (Wildman–Crippen LogP) is -2.17. The molecule has 0 aliphatic carbocycles. The van der Waals surface area contributed by atoms with E-state index >= 15 is 0 Å². The first-order chi connectivity index (χ1) is 12.2. The van der Waals surface area contributed by atoms with Crippen LogP contribution in [0.1, 0.15) is 6.42 Å². The molecule has 29 heavy (non-hydrogen) atoms. The fourth-order valence-corrected chi connectivity index (χ4v) is 13.8. The second-order valence-electron chi connectivity index (χ2n) is 5.73. The molecule has 2 atom stereocenters. The Morgan fingerprint density at radius 3 is 0.655 bits per heavy atom. The van der Waals surface area contributed by atoms with Crippen LogP contribution in [0.25, 0.3) is 0 Å². The maximum atomic E-state index is 11.6. The van der Waals surface area contributed by atoms with Crippen molar-refractivity contribution in [1.29, 1.82) is 0 Å². The third kappa shape index (κ3) is 8.75. The van der Waals surface area contributed by atoms with E-state index in [0.717, 1.165) is 0 Å². The molecular weight excluding hydrogens is 534 g/mol. The zero-order valence-corrected chi connectivity index (χ0v) is 18.9. The zero-order chi connectivity index (χ0) is 24.0. The largest absolute Gasteiger partial charge is 0.341 e. The molecule has 0 amide bonds. The van der Waals surface area contributed by atoms with E-state index in [1.165, 1.54) is 0 Å². The molecule has 0 aromatic rings. The van der Waals surface area contributed by atoms with Crippen LogP contribution in [0.2, 0.25) is 0 Å². The zero-order valence-electron chi connectivity index (χ0n) is 13.5. The summed E-state index contributed by atoms with van der Waals surface area (Å²) in [6.45, 7) is 0. The van der Waals surface area contributed by atoms with Gasteiger partial charge < -0.3 is 58.7 Å². The van der Waals surface area contributed by atoms with E-state index in [1.807, 2.05) is 0 Å². The first-order valence-electron chi connectivity index (χ1n) is 6.53. The molecule has 0 saturated heterocycles. The summed E-state index contributed by atoms with van der Waals surface area (Å²) in [6.07, 6.45) is -2.18. The third-order valence-electron chi connectivity index (χ3n) is 3.41. The monoisotopic (exact) mass is 552 g/mol. The van der Waals surface area contributed by atoms with E-state index in [9.17, 15) is 47.0 Å². The maximum absolute atomic E-state index is 11.6. The molecule has 18 nitrogen and oxygen atoms in total. The van der Waals surface area contributed by atoms with Crippen molar-refractivity contribution in [1.82, 2.24) is 0 Å². The summed E-state index contributed by atoms with van der Waals surface area (Å²) < 4.78 is 68.9. The van der Waals surface area contributed by atoms with Crippen molar-refractivity contribution in [2.75, 3.05) is 0 Å². The highest BCUT2D eigenvalue weighted by Crippen LogP contribution is 2.72. The molecule has 12 N–H and O–H groups in total. The molecule has 0 aromatic heterocycles. The Labute approximate surface area is 161 Å². The molecule has 0 bridgehead atoms. The van der Waals surface area contributed by atoms with Gasteiger partial charge in [0.1, 0.15) is 0 Å². The fourth-order valence-electron chi connectivity index (χ4n) is 2.40. The summed E-state index contributed by atoms with van der Waals surface area (Å²) in [4.78, 5) is 110. The number of rotatable bonds is 10. The first-order valence-corrected chi connectivity index (χ1v) is 16.6. The highest BCUT2D eigenvalue weighted by molar-refractivity contribution is 7.73. The molecule has 0 spiro atoms. The van der Waals surface area contributed by atoms with E-state index in [1.54, 1.807) is 0 Å². The molecule has 0 rings (SSSR count). The third-order valence-corrected chi connectivity index (χ3v) is 14.9. The van der Waals surface area contributed by atoms with Crippen LogP contribution < -0.4 is 0 Å². The Hall–Kier alpha value is 0.900. The molecule has 176 valence electrons. The van der Waals surface area contributed by atoms with Crippen LogP contribution in [0.15, 0.2) is 0 Å². The van der Waals surface area contributed by atoms with Gasteiger partial charge in [-0.1, -0.05) is 0 Å². The van der Waals surface area contributed by atoms with Crippen molar-refractivity contribution in [2.45, 2.75) is 28.5 Å². The Balaban J connectivity index is 6.94. The molecule has 24 heteroatoms. The second-order valence-corrected chi connectivity index (χ2v) is 17.2. The van der Waals surface area contributed by atoms with Crippen LogP contribution in [0.3, 0.4) is 0 Å². The standard InChI is InChI=1S/C5H18O18P6/c6-24(7,8)2(4(26(12,13)14)27(15,16)17)1-3(25(9,10)11)5(28(18,19)20)29(21,22)23/h2-5H,1H2,(H2,6,7,8)(H2,9,10,11)(H2,12,13,14)(H2,15,16,17)(H2,18,19,20)(H2,21,22,23). The Morgan fingerprint density at radius 2 is 0.552 bits per heavy atom. The SMILES string of the molecule is O=P(O)(O)C(CC(C(P(=O)(O)O)P(=O)(O)O)P(=O)(O)O)C(P(=O)(O)O)P(=O)(O)O. The summed E-state index contributed by atoms with van der Waals surface area (Å²) in [6, 6.07) is 0. The van der Waals surface area contributed by atoms with Gasteiger partial charge in [-0.25, -0.2) is 0 Å². The molecule has 0 aliphatic rings. The van der Waals surface area contributed by atoms with Crippen molar-refractivity contribution in [2.24, 2.45) is 0 Å². The van der Waals surface area contributed by atoms with Gasteiger partial charge in [0.2, 0.25) is 0 Å². The van der Waals surface area contributed by atoms with E-state index < -0.39 is 74.1 Å². The smallest absolute Gasteiger partial charge is 0.324 e. The van der Waals surface area contributed by atoms with Crippen LogP contribution in [-0.4, -0.2) is 80.8 Å². The van der Waals surface area contributed by atoms with Crippen LogP contribution in [0.4, 0.5) is 0 Å². The minimum absolute atomic E-state index is 2.18. The second kappa shape index (κ2) is 9.03. The van der Waals surface area contributed by atoms with Gasteiger partial charge in [0.15, 0.2) is 10.8 Å². The van der Waals surface area contributed by atoms with Crippen LogP contribution in [0, 0.1) is 0 Å². The van der Waals surface area contributed by atoms with Gasteiger partial charge in [-0.3, -0.25) is 27.4 Å². The summed E-state index contributed by atoms with van der Waals surface area (Å²) in [5, 5.41) is -7.22.